The van der Waals surface area contributed by atoms with Gasteiger partial charge in [0.15, 0.2) is 0 Å². The first-order valence-electron chi connectivity index (χ1n) is 6.60. The fraction of sp³-hybridized carbons (Fsp3) is 0.294. The van der Waals surface area contributed by atoms with Crippen molar-refractivity contribution in [1.82, 2.24) is 0 Å². The minimum absolute atomic E-state index is 1.14. The third-order valence-electron chi connectivity index (χ3n) is 3.32. The van der Waals surface area contributed by atoms with E-state index in [0.717, 1.165) is 5.69 Å². The van der Waals surface area contributed by atoms with Gasteiger partial charge in [-0.15, -0.1) is 0 Å². The summed E-state index contributed by atoms with van der Waals surface area (Å²) in [5.41, 5.74) is 7.42. The van der Waals surface area contributed by atoms with E-state index in [-0.39, 0.29) is 0 Å². The monoisotopic (exact) mass is 254 g/mol. The largest absolute Gasteiger partial charge is 0.376 e. The molecule has 0 aromatic heterocycles. The number of rotatable bonds is 3. The average Bonchev–Trinajstić information content (AvgIpc) is 2.34. The number of hydrogen-bond acceptors (Lipinski definition) is 2. The van der Waals surface area contributed by atoms with E-state index in [2.05, 4.69) is 81.5 Å². The standard InChI is InChI=1S/C17H22N2/c1-12-10-13(2)17(14(3)11-12)18-15-8-6-7-9-16(15)19(4)5/h6-11,18H,1-5H3. The molecule has 0 aliphatic carbocycles. The van der Waals surface area contributed by atoms with Crippen LogP contribution in [0.25, 0.3) is 0 Å². The molecule has 0 bridgehead atoms. The fourth-order valence-corrected chi connectivity index (χ4v) is 2.48. The number of aryl methyl sites for hydroxylation is 3. The summed E-state index contributed by atoms with van der Waals surface area (Å²) in [4.78, 5) is 2.13. The normalized spacial score (nSPS) is 10.4. The van der Waals surface area contributed by atoms with E-state index in [0.29, 0.717) is 0 Å². The lowest BCUT2D eigenvalue weighted by Crippen LogP contribution is -2.11. The molecule has 0 amide bonds. The molecule has 100 valence electrons. The van der Waals surface area contributed by atoms with Crippen LogP contribution < -0.4 is 10.2 Å². The Morgan fingerprint density at radius 2 is 1.47 bits per heavy atom. The SMILES string of the molecule is Cc1cc(C)c(Nc2ccccc2N(C)C)c(C)c1. The molecular weight excluding hydrogens is 232 g/mol. The van der Waals surface area contributed by atoms with Crippen molar-refractivity contribution < 1.29 is 0 Å². The van der Waals surface area contributed by atoms with E-state index in [1.165, 1.54) is 28.1 Å². The number of nitrogens with zero attached hydrogens (tertiary/aromatic N) is 1. The predicted molar refractivity (Wildman–Crippen MR) is 84.7 cm³/mol. The molecule has 0 unspecified atom stereocenters. The molecule has 0 atom stereocenters. The average molecular weight is 254 g/mol. The molecule has 2 heteroatoms. The van der Waals surface area contributed by atoms with Crippen molar-refractivity contribution in [3.8, 4) is 0 Å². The lowest BCUT2D eigenvalue weighted by Gasteiger charge is -2.20. The Morgan fingerprint density at radius 3 is 2.05 bits per heavy atom. The lowest BCUT2D eigenvalue weighted by molar-refractivity contribution is 1.13. The summed E-state index contributed by atoms with van der Waals surface area (Å²) in [6.07, 6.45) is 0. The van der Waals surface area contributed by atoms with Crippen molar-refractivity contribution in [3.63, 3.8) is 0 Å². The number of para-hydroxylation sites is 2. The van der Waals surface area contributed by atoms with E-state index in [9.17, 15) is 0 Å². The van der Waals surface area contributed by atoms with Gasteiger partial charge < -0.3 is 10.2 Å². The van der Waals surface area contributed by atoms with Gasteiger partial charge in [-0.1, -0.05) is 29.8 Å². The van der Waals surface area contributed by atoms with Crippen molar-refractivity contribution in [2.24, 2.45) is 0 Å². The molecule has 1 N–H and O–H groups in total. The van der Waals surface area contributed by atoms with Crippen LogP contribution in [0.1, 0.15) is 16.7 Å². The van der Waals surface area contributed by atoms with Crippen LogP contribution in [0.2, 0.25) is 0 Å². The molecule has 0 aliphatic rings. The molecule has 0 saturated carbocycles. The Bertz CT molecular complexity index is 563. The zero-order valence-electron chi connectivity index (χ0n) is 12.4. The van der Waals surface area contributed by atoms with Crippen LogP contribution in [0.3, 0.4) is 0 Å². The smallest absolute Gasteiger partial charge is 0.0622 e. The van der Waals surface area contributed by atoms with Crippen LogP contribution in [0, 0.1) is 20.8 Å². The highest BCUT2D eigenvalue weighted by atomic mass is 15.1. The molecule has 0 saturated heterocycles. The molecule has 2 nitrogen and oxygen atoms in total. The second kappa shape index (κ2) is 5.35. The van der Waals surface area contributed by atoms with Crippen molar-refractivity contribution in [3.05, 3.63) is 53.1 Å². The first kappa shape index (κ1) is 13.5. The van der Waals surface area contributed by atoms with E-state index < -0.39 is 0 Å². The molecule has 2 rings (SSSR count). The van der Waals surface area contributed by atoms with Gasteiger partial charge in [0.05, 0.1) is 11.4 Å². The van der Waals surface area contributed by atoms with Crippen LogP contribution in [-0.2, 0) is 0 Å². The summed E-state index contributed by atoms with van der Waals surface area (Å²) in [5.74, 6) is 0. The second-order valence-corrected chi connectivity index (χ2v) is 5.31. The van der Waals surface area contributed by atoms with Gasteiger partial charge in [0.1, 0.15) is 0 Å². The molecule has 0 spiro atoms. The maximum atomic E-state index is 3.58. The summed E-state index contributed by atoms with van der Waals surface area (Å²) in [6.45, 7) is 6.44. The molecule has 0 fully saturated rings. The van der Waals surface area contributed by atoms with Gasteiger partial charge in [-0.3, -0.25) is 0 Å². The maximum absolute atomic E-state index is 3.58. The zero-order chi connectivity index (χ0) is 14.0. The van der Waals surface area contributed by atoms with Gasteiger partial charge in [-0.05, 0) is 44.0 Å². The topological polar surface area (TPSA) is 15.3 Å². The van der Waals surface area contributed by atoms with Gasteiger partial charge in [-0.25, -0.2) is 0 Å². The summed E-state index contributed by atoms with van der Waals surface area (Å²) in [6, 6.07) is 12.8. The summed E-state index contributed by atoms with van der Waals surface area (Å²) in [5, 5.41) is 3.58. The van der Waals surface area contributed by atoms with E-state index in [4.69, 9.17) is 0 Å². The Kier molecular flexibility index (Phi) is 3.79. The summed E-state index contributed by atoms with van der Waals surface area (Å²) in [7, 11) is 4.13. The number of nitrogens with one attached hydrogen (secondary N) is 1. The molecule has 0 radical (unpaired) electrons. The number of hydrogen-bond donors (Lipinski definition) is 1. The first-order chi connectivity index (χ1) is 8.99. The van der Waals surface area contributed by atoms with Crippen LogP contribution in [0.4, 0.5) is 17.1 Å². The van der Waals surface area contributed by atoms with Crippen molar-refractivity contribution >= 4 is 17.1 Å². The summed E-state index contributed by atoms with van der Waals surface area (Å²) >= 11 is 0. The first-order valence-corrected chi connectivity index (χ1v) is 6.60. The molecule has 2 aromatic carbocycles. The highest BCUT2D eigenvalue weighted by molar-refractivity contribution is 5.77. The van der Waals surface area contributed by atoms with E-state index in [1.54, 1.807) is 0 Å². The highest BCUT2D eigenvalue weighted by Gasteiger charge is 2.08. The molecule has 0 aliphatic heterocycles. The van der Waals surface area contributed by atoms with Crippen molar-refractivity contribution in [1.29, 1.82) is 0 Å². The van der Waals surface area contributed by atoms with E-state index >= 15 is 0 Å². The van der Waals surface area contributed by atoms with Gasteiger partial charge in [0.2, 0.25) is 0 Å². The van der Waals surface area contributed by atoms with Crippen LogP contribution >= 0.6 is 0 Å². The zero-order valence-corrected chi connectivity index (χ0v) is 12.4. The minimum atomic E-state index is 1.14. The van der Waals surface area contributed by atoms with Crippen LogP contribution in [-0.4, -0.2) is 14.1 Å². The van der Waals surface area contributed by atoms with Crippen LogP contribution in [0.15, 0.2) is 36.4 Å². The molecule has 0 heterocycles. The van der Waals surface area contributed by atoms with Gasteiger partial charge in [0.25, 0.3) is 0 Å². The Labute approximate surface area is 116 Å². The summed E-state index contributed by atoms with van der Waals surface area (Å²) < 4.78 is 0. The predicted octanol–water partition coefficient (Wildman–Crippen LogP) is 4.42. The molecule has 2 aromatic rings. The van der Waals surface area contributed by atoms with Crippen LogP contribution in [0.5, 0.6) is 0 Å². The lowest BCUT2D eigenvalue weighted by atomic mass is 10.0. The minimum Gasteiger partial charge on any atom is -0.376 e. The Hall–Kier alpha value is -1.96. The highest BCUT2D eigenvalue weighted by Crippen LogP contribution is 2.31. The van der Waals surface area contributed by atoms with Gasteiger partial charge in [-0.2, -0.15) is 0 Å². The number of benzene rings is 2. The Morgan fingerprint density at radius 1 is 0.895 bits per heavy atom. The quantitative estimate of drug-likeness (QED) is 0.872. The Balaban J connectivity index is 2.42. The van der Waals surface area contributed by atoms with Crippen molar-refractivity contribution in [2.75, 3.05) is 24.3 Å². The molecule has 19 heavy (non-hydrogen) atoms. The maximum Gasteiger partial charge on any atom is 0.0622 e. The van der Waals surface area contributed by atoms with Crippen molar-refractivity contribution in [2.45, 2.75) is 20.8 Å². The molecular formula is C17H22N2. The third-order valence-corrected chi connectivity index (χ3v) is 3.32. The second-order valence-electron chi connectivity index (χ2n) is 5.31. The third kappa shape index (κ3) is 2.90. The number of anilines is 3. The van der Waals surface area contributed by atoms with E-state index in [1.807, 2.05) is 0 Å². The van der Waals surface area contributed by atoms with Gasteiger partial charge in [0, 0.05) is 19.8 Å². The van der Waals surface area contributed by atoms with Gasteiger partial charge >= 0.3 is 0 Å². The fourth-order valence-electron chi connectivity index (χ4n) is 2.48.